The van der Waals surface area contributed by atoms with Crippen molar-refractivity contribution in [1.29, 1.82) is 0 Å². The van der Waals surface area contributed by atoms with Crippen LogP contribution in [-0.4, -0.2) is 45.7 Å². The van der Waals surface area contributed by atoms with Crippen LogP contribution < -0.4 is 0 Å². The average molecular weight is 303 g/mol. The predicted octanol–water partition coefficient (Wildman–Crippen LogP) is 3.34. The molecule has 2 heterocycles. The quantitative estimate of drug-likeness (QED) is 0.730. The molecule has 3 rings (SSSR count). The van der Waals surface area contributed by atoms with Gasteiger partial charge in [-0.2, -0.15) is 0 Å². The smallest absolute Gasteiger partial charge is 0.179 e. The van der Waals surface area contributed by atoms with Gasteiger partial charge in [0.15, 0.2) is 5.79 Å². The minimum Gasteiger partial charge on any atom is -0.364 e. The van der Waals surface area contributed by atoms with Gasteiger partial charge in [-0.1, -0.05) is 41.5 Å². The molecule has 1 saturated carbocycles. The van der Waals surface area contributed by atoms with E-state index in [4.69, 9.17) is 0 Å². The molecule has 2 saturated heterocycles. The molecule has 2 aliphatic heterocycles. The van der Waals surface area contributed by atoms with Crippen molar-refractivity contribution in [2.45, 2.75) is 85.2 Å². The van der Waals surface area contributed by atoms with Gasteiger partial charge in [0.2, 0.25) is 0 Å². The topological polar surface area (TPSA) is 43.7 Å². The number of fused-ring (bicyclic) bond motifs is 1. The van der Waals surface area contributed by atoms with Crippen LogP contribution >= 0.6 is 0 Å². The SMILES string of the molecule is CC.CC.CC(O)(O)C12C[C@@]3(CC3F)CN1CCC2(C)C. The summed E-state index contributed by atoms with van der Waals surface area (Å²) in [4.78, 5) is 2.13. The van der Waals surface area contributed by atoms with E-state index in [9.17, 15) is 14.6 Å². The van der Waals surface area contributed by atoms with Gasteiger partial charge in [-0.3, -0.25) is 4.90 Å². The van der Waals surface area contributed by atoms with Gasteiger partial charge in [0.25, 0.3) is 0 Å². The van der Waals surface area contributed by atoms with E-state index in [0.717, 1.165) is 13.0 Å². The highest BCUT2D eigenvalue weighted by Crippen LogP contribution is 2.67. The molecule has 3 aliphatic rings. The number of nitrogens with zero attached hydrogens (tertiary/aromatic N) is 1. The van der Waals surface area contributed by atoms with Crippen molar-refractivity contribution in [1.82, 2.24) is 4.90 Å². The summed E-state index contributed by atoms with van der Waals surface area (Å²) >= 11 is 0. The van der Waals surface area contributed by atoms with Crippen molar-refractivity contribution in [2.24, 2.45) is 10.8 Å². The molecule has 0 amide bonds. The summed E-state index contributed by atoms with van der Waals surface area (Å²) in [5, 5.41) is 20.5. The summed E-state index contributed by atoms with van der Waals surface area (Å²) in [5.41, 5.74) is -1.15. The van der Waals surface area contributed by atoms with Crippen molar-refractivity contribution < 1.29 is 14.6 Å². The molecule has 0 aromatic rings. The standard InChI is InChI=1S/C13H22FNO2.2C2H6/c1-10(2)4-5-15-8-12(6-9(12)14)7-13(10,15)11(3,16)17;2*1-2/h9,16-17H,4-8H2,1-3H3;2*1-2H3/t9?,12-,13?;;/m0../s1. The number of aliphatic hydroxyl groups is 2. The Morgan fingerprint density at radius 2 is 1.62 bits per heavy atom. The van der Waals surface area contributed by atoms with Crippen LogP contribution in [0, 0.1) is 10.8 Å². The fraction of sp³-hybridized carbons (Fsp3) is 1.00. The number of alkyl halides is 1. The Morgan fingerprint density at radius 1 is 1.14 bits per heavy atom. The summed E-state index contributed by atoms with van der Waals surface area (Å²) in [6.45, 7) is 15.1. The highest BCUT2D eigenvalue weighted by Gasteiger charge is 2.75. The van der Waals surface area contributed by atoms with Crippen molar-refractivity contribution >= 4 is 0 Å². The van der Waals surface area contributed by atoms with Crippen molar-refractivity contribution in [2.75, 3.05) is 13.1 Å². The lowest BCUT2D eigenvalue weighted by molar-refractivity contribution is -0.245. The Hall–Kier alpha value is -0.190. The van der Waals surface area contributed by atoms with Gasteiger partial charge in [-0.15, -0.1) is 0 Å². The zero-order valence-electron chi connectivity index (χ0n) is 14.8. The normalized spacial score (nSPS) is 40.0. The monoisotopic (exact) mass is 303 g/mol. The van der Waals surface area contributed by atoms with E-state index in [1.165, 1.54) is 6.92 Å². The van der Waals surface area contributed by atoms with Crippen LogP contribution in [-0.2, 0) is 0 Å². The fourth-order valence-corrected chi connectivity index (χ4v) is 4.50. The summed E-state index contributed by atoms with van der Waals surface area (Å²) in [7, 11) is 0. The molecule has 0 bridgehead atoms. The number of halogens is 1. The van der Waals surface area contributed by atoms with Crippen LogP contribution in [0.1, 0.15) is 67.7 Å². The Balaban J connectivity index is 0.000000510. The molecule has 1 spiro atoms. The molecule has 4 heteroatoms. The molecule has 0 aromatic carbocycles. The summed E-state index contributed by atoms with van der Waals surface area (Å²) in [5.74, 6) is -1.77. The Labute approximate surface area is 129 Å². The third-order valence-electron chi connectivity index (χ3n) is 5.65. The van der Waals surface area contributed by atoms with E-state index in [-0.39, 0.29) is 10.8 Å². The van der Waals surface area contributed by atoms with Crippen LogP contribution in [0.4, 0.5) is 4.39 Å². The summed E-state index contributed by atoms with van der Waals surface area (Å²) < 4.78 is 13.6. The molecular formula is C17H34FNO2. The van der Waals surface area contributed by atoms with E-state index in [0.29, 0.717) is 19.4 Å². The minimum atomic E-state index is -1.77. The molecule has 126 valence electrons. The highest BCUT2D eigenvalue weighted by molar-refractivity contribution is 5.25. The molecule has 0 radical (unpaired) electrons. The Bertz CT molecular complexity index is 366. The van der Waals surface area contributed by atoms with Crippen LogP contribution in [0.15, 0.2) is 0 Å². The van der Waals surface area contributed by atoms with E-state index in [1.54, 1.807) is 0 Å². The third kappa shape index (κ3) is 2.53. The maximum atomic E-state index is 13.6. The van der Waals surface area contributed by atoms with Gasteiger partial charge in [0.05, 0.1) is 5.54 Å². The predicted molar refractivity (Wildman–Crippen MR) is 84.8 cm³/mol. The van der Waals surface area contributed by atoms with Gasteiger partial charge in [0.1, 0.15) is 6.17 Å². The minimum absolute atomic E-state index is 0.183. The molecule has 3 atom stereocenters. The first-order valence-electron chi connectivity index (χ1n) is 8.49. The summed E-state index contributed by atoms with van der Waals surface area (Å²) in [6, 6.07) is 0. The molecular weight excluding hydrogens is 269 g/mol. The maximum Gasteiger partial charge on any atom is 0.179 e. The van der Waals surface area contributed by atoms with E-state index in [2.05, 4.69) is 18.7 Å². The lowest BCUT2D eigenvalue weighted by atomic mass is 9.66. The zero-order valence-corrected chi connectivity index (χ0v) is 14.8. The molecule has 2 N–H and O–H groups in total. The van der Waals surface area contributed by atoms with Gasteiger partial charge < -0.3 is 10.2 Å². The van der Waals surface area contributed by atoms with Crippen molar-refractivity contribution in [3.8, 4) is 0 Å². The lowest BCUT2D eigenvalue weighted by Crippen LogP contribution is -2.63. The molecule has 0 aromatic heterocycles. The first kappa shape index (κ1) is 18.9. The number of rotatable bonds is 1. The molecule has 1 aliphatic carbocycles. The second kappa shape index (κ2) is 5.78. The Morgan fingerprint density at radius 3 is 1.95 bits per heavy atom. The second-order valence-corrected chi connectivity index (χ2v) is 7.15. The van der Waals surface area contributed by atoms with Crippen LogP contribution in [0.25, 0.3) is 0 Å². The second-order valence-electron chi connectivity index (χ2n) is 7.15. The lowest BCUT2D eigenvalue weighted by Gasteiger charge is -2.49. The highest BCUT2D eigenvalue weighted by atomic mass is 19.1. The van der Waals surface area contributed by atoms with Gasteiger partial charge in [-0.05, 0) is 38.1 Å². The largest absolute Gasteiger partial charge is 0.364 e. The van der Waals surface area contributed by atoms with Crippen LogP contribution in [0.3, 0.4) is 0 Å². The first-order valence-corrected chi connectivity index (χ1v) is 8.49. The van der Waals surface area contributed by atoms with Gasteiger partial charge in [0, 0.05) is 12.0 Å². The summed E-state index contributed by atoms with van der Waals surface area (Å²) in [6.07, 6.45) is 1.37. The van der Waals surface area contributed by atoms with Gasteiger partial charge in [-0.25, -0.2) is 4.39 Å². The van der Waals surface area contributed by atoms with Crippen LogP contribution in [0.2, 0.25) is 0 Å². The zero-order chi connectivity index (χ0) is 16.7. The third-order valence-corrected chi connectivity index (χ3v) is 5.65. The van der Waals surface area contributed by atoms with E-state index < -0.39 is 17.5 Å². The Kier molecular flexibility index (Phi) is 5.19. The average Bonchev–Trinajstić information content (AvgIpc) is 2.78. The number of hydrogen-bond acceptors (Lipinski definition) is 3. The molecule has 2 unspecified atom stereocenters. The van der Waals surface area contributed by atoms with E-state index in [1.807, 2.05) is 27.7 Å². The van der Waals surface area contributed by atoms with Crippen LogP contribution in [0.5, 0.6) is 0 Å². The first-order chi connectivity index (χ1) is 9.65. The maximum absolute atomic E-state index is 13.6. The van der Waals surface area contributed by atoms with Gasteiger partial charge >= 0.3 is 0 Å². The number of hydrogen-bond donors (Lipinski definition) is 2. The van der Waals surface area contributed by atoms with Crippen molar-refractivity contribution in [3.05, 3.63) is 0 Å². The molecule has 3 fully saturated rings. The fourth-order valence-electron chi connectivity index (χ4n) is 4.50. The molecule has 3 nitrogen and oxygen atoms in total. The van der Waals surface area contributed by atoms with Crippen molar-refractivity contribution in [3.63, 3.8) is 0 Å². The molecule has 21 heavy (non-hydrogen) atoms. The van der Waals surface area contributed by atoms with E-state index >= 15 is 0 Å².